The molecule has 0 aliphatic carbocycles. The highest BCUT2D eigenvalue weighted by molar-refractivity contribution is 7.17. The summed E-state index contributed by atoms with van der Waals surface area (Å²) in [5.41, 5.74) is 1.67. The van der Waals surface area contributed by atoms with E-state index in [1.807, 2.05) is 36.1 Å². The van der Waals surface area contributed by atoms with Gasteiger partial charge in [0, 0.05) is 36.8 Å². The number of carbonyl (C=O) groups excluding carboxylic acids is 1. The Hall–Kier alpha value is -1.94. The number of piperazine rings is 1. The molecular weight excluding hydrogens is 380 g/mol. The van der Waals surface area contributed by atoms with Crippen LogP contribution in [0.5, 0.6) is 0 Å². The van der Waals surface area contributed by atoms with Gasteiger partial charge in [-0.05, 0) is 25.0 Å². The van der Waals surface area contributed by atoms with Crippen LogP contribution in [0.4, 0.5) is 0 Å². The van der Waals surface area contributed by atoms with E-state index in [1.54, 1.807) is 0 Å². The summed E-state index contributed by atoms with van der Waals surface area (Å²) in [4.78, 5) is 22.3. The van der Waals surface area contributed by atoms with Crippen molar-refractivity contribution < 1.29 is 4.79 Å². The van der Waals surface area contributed by atoms with Gasteiger partial charge in [0.2, 0.25) is 0 Å². The van der Waals surface area contributed by atoms with E-state index >= 15 is 0 Å². The van der Waals surface area contributed by atoms with E-state index < -0.39 is 0 Å². The smallest absolute Gasteiger partial charge is 0.265 e. The number of thiazole rings is 1. The minimum absolute atomic E-state index is 0.0241. The molecule has 0 bridgehead atoms. The third-order valence-electron chi connectivity index (χ3n) is 4.82. The fourth-order valence-corrected chi connectivity index (χ4v) is 4.56. The molecular formula is C20H23ClN4OS. The van der Waals surface area contributed by atoms with E-state index in [0.29, 0.717) is 23.0 Å². The molecule has 7 heteroatoms. The van der Waals surface area contributed by atoms with Crippen LogP contribution in [0.3, 0.4) is 0 Å². The molecule has 2 aromatic rings. The Bertz CT molecular complexity index is 865. The molecule has 0 spiro atoms. The molecule has 2 heterocycles. The minimum Gasteiger partial charge on any atom is -0.335 e. The molecule has 0 N–H and O–H groups in total. The molecule has 3 rings (SSSR count). The Kier molecular flexibility index (Phi) is 6.15. The second-order valence-electron chi connectivity index (χ2n) is 7.09. The van der Waals surface area contributed by atoms with Gasteiger partial charge in [-0.2, -0.15) is 5.26 Å². The first kappa shape index (κ1) is 19.8. The largest absolute Gasteiger partial charge is 0.335 e. The fourth-order valence-electron chi connectivity index (χ4n) is 3.34. The summed E-state index contributed by atoms with van der Waals surface area (Å²) in [7, 11) is 0. The van der Waals surface area contributed by atoms with Crippen LogP contribution in [-0.2, 0) is 0 Å². The van der Waals surface area contributed by atoms with Crippen molar-refractivity contribution in [1.29, 1.82) is 5.26 Å². The SMILES string of the molecule is Cc1nc(-c2cccc(Cl)c2)sc1C(=O)N1CCN(C(C#N)C(C)C)CC1. The van der Waals surface area contributed by atoms with Gasteiger partial charge in [-0.15, -0.1) is 11.3 Å². The number of aromatic nitrogens is 1. The zero-order valence-electron chi connectivity index (χ0n) is 15.8. The Morgan fingerprint density at radius 3 is 2.59 bits per heavy atom. The quantitative estimate of drug-likeness (QED) is 0.773. The maximum atomic E-state index is 13.0. The van der Waals surface area contributed by atoms with Gasteiger partial charge in [-0.1, -0.05) is 37.6 Å². The summed E-state index contributed by atoms with van der Waals surface area (Å²) in [5.74, 6) is 0.303. The van der Waals surface area contributed by atoms with E-state index in [0.717, 1.165) is 29.4 Å². The number of carbonyl (C=O) groups is 1. The fraction of sp³-hybridized carbons (Fsp3) is 0.450. The van der Waals surface area contributed by atoms with Gasteiger partial charge in [-0.3, -0.25) is 9.69 Å². The van der Waals surface area contributed by atoms with Crippen LogP contribution in [0.2, 0.25) is 5.02 Å². The molecule has 27 heavy (non-hydrogen) atoms. The van der Waals surface area contributed by atoms with Crippen molar-refractivity contribution in [2.45, 2.75) is 26.8 Å². The van der Waals surface area contributed by atoms with Crippen molar-refractivity contribution >= 4 is 28.8 Å². The van der Waals surface area contributed by atoms with Gasteiger partial charge in [0.15, 0.2) is 0 Å². The predicted molar refractivity (Wildman–Crippen MR) is 109 cm³/mol. The molecule has 1 aliphatic rings. The molecule has 142 valence electrons. The number of halogens is 1. The van der Waals surface area contributed by atoms with Gasteiger partial charge >= 0.3 is 0 Å². The summed E-state index contributed by atoms with van der Waals surface area (Å²) in [6, 6.07) is 9.81. The first-order chi connectivity index (χ1) is 12.9. The van der Waals surface area contributed by atoms with Crippen molar-refractivity contribution in [1.82, 2.24) is 14.8 Å². The summed E-state index contributed by atoms with van der Waals surface area (Å²) in [6.45, 7) is 8.70. The Labute approximate surface area is 169 Å². The third-order valence-corrected chi connectivity index (χ3v) is 6.25. The third kappa shape index (κ3) is 4.32. The van der Waals surface area contributed by atoms with E-state index in [-0.39, 0.29) is 17.9 Å². The van der Waals surface area contributed by atoms with Crippen molar-refractivity contribution in [3.05, 3.63) is 39.9 Å². The first-order valence-corrected chi connectivity index (χ1v) is 10.3. The average Bonchev–Trinajstić information content (AvgIpc) is 3.04. The van der Waals surface area contributed by atoms with Gasteiger partial charge in [0.05, 0.1) is 11.8 Å². The maximum absolute atomic E-state index is 13.0. The van der Waals surface area contributed by atoms with Crippen LogP contribution in [-0.4, -0.2) is 52.9 Å². The van der Waals surface area contributed by atoms with E-state index in [9.17, 15) is 10.1 Å². The van der Waals surface area contributed by atoms with E-state index in [4.69, 9.17) is 11.6 Å². The lowest BCUT2D eigenvalue weighted by Crippen LogP contribution is -2.52. The van der Waals surface area contributed by atoms with Crippen LogP contribution in [0.25, 0.3) is 10.6 Å². The lowest BCUT2D eigenvalue weighted by atomic mass is 10.0. The molecule has 1 fully saturated rings. The molecule has 1 saturated heterocycles. The molecule has 1 unspecified atom stereocenters. The Morgan fingerprint density at radius 2 is 2.00 bits per heavy atom. The summed E-state index contributed by atoms with van der Waals surface area (Å²) < 4.78 is 0. The predicted octanol–water partition coefficient (Wildman–Crippen LogP) is 4.08. The highest BCUT2D eigenvalue weighted by Crippen LogP contribution is 2.30. The molecule has 0 radical (unpaired) electrons. The molecule has 0 saturated carbocycles. The topological polar surface area (TPSA) is 60.2 Å². The number of aryl methyl sites for hydroxylation is 1. The second kappa shape index (κ2) is 8.39. The lowest BCUT2D eigenvalue weighted by Gasteiger charge is -2.38. The molecule has 5 nitrogen and oxygen atoms in total. The normalized spacial score (nSPS) is 16.4. The molecule has 1 aromatic heterocycles. The molecule has 1 atom stereocenters. The number of amides is 1. The van der Waals surface area contributed by atoms with Gasteiger partial charge in [0.25, 0.3) is 5.91 Å². The molecule has 1 aliphatic heterocycles. The van der Waals surface area contributed by atoms with Crippen molar-refractivity contribution in [3.63, 3.8) is 0 Å². The standard InChI is InChI=1S/C20H23ClN4OS/c1-13(2)17(12-22)24-7-9-25(10-8-24)20(26)18-14(3)23-19(27-18)15-5-4-6-16(21)11-15/h4-6,11,13,17H,7-10H2,1-3H3. The summed E-state index contributed by atoms with van der Waals surface area (Å²) in [6.07, 6.45) is 0. The van der Waals surface area contributed by atoms with Crippen molar-refractivity contribution in [2.24, 2.45) is 5.92 Å². The van der Waals surface area contributed by atoms with Crippen LogP contribution < -0.4 is 0 Å². The zero-order valence-corrected chi connectivity index (χ0v) is 17.3. The molecule has 1 amide bonds. The second-order valence-corrected chi connectivity index (χ2v) is 8.53. The monoisotopic (exact) mass is 402 g/mol. The number of nitriles is 1. The average molecular weight is 403 g/mol. The number of hydrogen-bond acceptors (Lipinski definition) is 5. The number of nitrogens with zero attached hydrogens (tertiary/aromatic N) is 4. The van der Waals surface area contributed by atoms with Crippen molar-refractivity contribution in [2.75, 3.05) is 26.2 Å². The van der Waals surface area contributed by atoms with E-state index in [2.05, 4.69) is 29.8 Å². The summed E-state index contributed by atoms with van der Waals surface area (Å²) >= 11 is 7.49. The van der Waals surface area contributed by atoms with Crippen LogP contribution in [0, 0.1) is 24.2 Å². The van der Waals surface area contributed by atoms with Gasteiger partial charge in [0.1, 0.15) is 15.9 Å². The van der Waals surface area contributed by atoms with Gasteiger partial charge < -0.3 is 4.90 Å². The van der Waals surface area contributed by atoms with Gasteiger partial charge in [-0.25, -0.2) is 4.98 Å². The highest BCUT2D eigenvalue weighted by Gasteiger charge is 2.29. The Morgan fingerprint density at radius 1 is 1.30 bits per heavy atom. The Balaban J connectivity index is 1.72. The molecule has 1 aromatic carbocycles. The van der Waals surface area contributed by atoms with Crippen molar-refractivity contribution in [3.8, 4) is 16.6 Å². The van der Waals surface area contributed by atoms with Crippen LogP contribution >= 0.6 is 22.9 Å². The number of rotatable bonds is 4. The lowest BCUT2D eigenvalue weighted by molar-refractivity contribution is 0.0580. The minimum atomic E-state index is -0.0955. The first-order valence-electron chi connectivity index (χ1n) is 9.07. The van der Waals surface area contributed by atoms with E-state index in [1.165, 1.54) is 11.3 Å². The maximum Gasteiger partial charge on any atom is 0.265 e. The summed E-state index contributed by atoms with van der Waals surface area (Å²) in [5, 5.41) is 10.8. The zero-order chi connectivity index (χ0) is 19.6. The number of hydrogen-bond donors (Lipinski definition) is 0. The van der Waals surface area contributed by atoms with Crippen LogP contribution in [0.1, 0.15) is 29.2 Å². The van der Waals surface area contributed by atoms with Crippen LogP contribution in [0.15, 0.2) is 24.3 Å². The highest BCUT2D eigenvalue weighted by atomic mass is 35.5. The number of benzene rings is 1.